The van der Waals surface area contributed by atoms with E-state index in [4.69, 9.17) is 17.3 Å². The summed E-state index contributed by atoms with van der Waals surface area (Å²) in [6.45, 7) is 4.22. The normalized spacial score (nSPS) is 14.0. The summed E-state index contributed by atoms with van der Waals surface area (Å²) in [7, 11) is 0. The molecule has 2 N–H and O–H groups in total. The van der Waals surface area contributed by atoms with E-state index in [0.717, 1.165) is 29.8 Å². The molecule has 0 amide bonds. The minimum atomic E-state index is -0.352. The summed E-state index contributed by atoms with van der Waals surface area (Å²) in [4.78, 5) is 0. The van der Waals surface area contributed by atoms with Crippen LogP contribution in [-0.4, -0.2) is 0 Å². The summed E-state index contributed by atoms with van der Waals surface area (Å²) < 4.78 is 0. The van der Waals surface area contributed by atoms with E-state index in [1.165, 1.54) is 11.1 Å². The highest BCUT2D eigenvalue weighted by atomic mass is 35.5. The molecule has 0 aromatic heterocycles. The van der Waals surface area contributed by atoms with Crippen LogP contribution in [0.5, 0.6) is 0 Å². The van der Waals surface area contributed by atoms with Gasteiger partial charge in [-0.1, -0.05) is 67.4 Å². The van der Waals surface area contributed by atoms with Gasteiger partial charge in [0.2, 0.25) is 0 Å². The molecule has 0 spiro atoms. The Morgan fingerprint density at radius 1 is 1.10 bits per heavy atom. The number of rotatable bonds is 5. The smallest absolute Gasteiger partial charge is 0.0450 e. The predicted molar refractivity (Wildman–Crippen MR) is 87.1 cm³/mol. The van der Waals surface area contributed by atoms with E-state index in [2.05, 4.69) is 38.1 Å². The lowest BCUT2D eigenvalue weighted by Crippen LogP contribution is -2.39. The van der Waals surface area contributed by atoms with Crippen LogP contribution in [0.4, 0.5) is 0 Å². The third-order valence-electron chi connectivity index (χ3n) is 3.76. The van der Waals surface area contributed by atoms with E-state index >= 15 is 0 Å². The first-order valence-corrected chi connectivity index (χ1v) is 7.52. The Morgan fingerprint density at radius 3 is 2.40 bits per heavy atom. The van der Waals surface area contributed by atoms with E-state index in [1.54, 1.807) is 0 Å². The van der Waals surface area contributed by atoms with Crippen LogP contribution < -0.4 is 5.73 Å². The maximum Gasteiger partial charge on any atom is 0.0450 e. The zero-order chi connectivity index (χ0) is 14.6. The van der Waals surface area contributed by atoms with Crippen LogP contribution in [0, 0.1) is 6.92 Å². The Hall–Kier alpha value is -1.31. The van der Waals surface area contributed by atoms with E-state index in [9.17, 15) is 0 Å². The molecule has 20 heavy (non-hydrogen) atoms. The van der Waals surface area contributed by atoms with Gasteiger partial charge in [0.05, 0.1) is 0 Å². The molecule has 0 aliphatic rings. The Morgan fingerprint density at radius 2 is 1.80 bits per heavy atom. The van der Waals surface area contributed by atoms with E-state index in [0.29, 0.717) is 0 Å². The largest absolute Gasteiger partial charge is 0.321 e. The lowest BCUT2D eigenvalue weighted by atomic mass is 9.81. The fraction of sp³-hybridized carbons (Fsp3) is 0.333. The molecule has 0 aliphatic carbocycles. The fourth-order valence-corrected chi connectivity index (χ4v) is 2.99. The monoisotopic (exact) mass is 287 g/mol. The average Bonchev–Trinajstić information content (AvgIpc) is 2.43. The van der Waals surface area contributed by atoms with Gasteiger partial charge in [-0.2, -0.15) is 0 Å². The van der Waals surface area contributed by atoms with Crippen molar-refractivity contribution in [3.8, 4) is 0 Å². The Bertz CT molecular complexity index is 565. The highest BCUT2D eigenvalue weighted by molar-refractivity contribution is 6.31. The summed E-state index contributed by atoms with van der Waals surface area (Å²) in [5.41, 5.74) is 9.84. The van der Waals surface area contributed by atoms with E-state index < -0.39 is 0 Å². The van der Waals surface area contributed by atoms with Crippen LogP contribution in [0.15, 0.2) is 48.5 Å². The zero-order valence-electron chi connectivity index (χ0n) is 12.2. The highest BCUT2D eigenvalue weighted by Gasteiger charge is 2.27. The number of nitrogens with two attached hydrogens (primary N) is 1. The van der Waals surface area contributed by atoms with Crippen LogP contribution in [0.2, 0.25) is 5.02 Å². The number of benzene rings is 2. The lowest BCUT2D eigenvalue weighted by molar-refractivity contribution is 0.401. The molecule has 1 nitrogen and oxygen atoms in total. The van der Waals surface area contributed by atoms with Crippen LogP contribution >= 0.6 is 11.6 Å². The van der Waals surface area contributed by atoms with Gasteiger partial charge in [-0.05, 0) is 42.5 Å². The summed E-state index contributed by atoms with van der Waals surface area (Å²) in [6, 6.07) is 16.5. The van der Waals surface area contributed by atoms with Gasteiger partial charge in [0.15, 0.2) is 0 Å². The minimum absolute atomic E-state index is 0.352. The topological polar surface area (TPSA) is 26.0 Å². The van der Waals surface area contributed by atoms with Crippen molar-refractivity contribution in [3.05, 3.63) is 70.2 Å². The molecule has 0 saturated heterocycles. The maximum atomic E-state index is 6.71. The molecule has 0 fully saturated rings. The molecule has 1 unspecified atom stereocenters. The second kappa shape index (κ2) is 6.43. The first-order valence-electron chi connectivity index (χ1n) is 7.14. The second-order valence-corrected chi connectivity index (χ2v) is 5.95. The number of aryl methyl sites for hydroxylation is 1. The Kier molecular flexibility index (Phi) is 4.85. The van der Waals surface area contributed by atoms with Crippen LogP contribution in [0.3, 0.4) is 0 Å². The molecule has 106 valence electrons. The summed E-state index contributed by atoms with van der Waals surface area (Å²) >= 11 is 6.37. The van der Waals surface area contributed by atoms with Crippen molar-refractivity contribution >= 4 is 11.6 Å². The molecule has 0 saturated carbocycles. The standard InChI is InChI=1S/C18H22ClN/c1-3-11-18(20,16-7-5-4-6-8-16)13-15-10-9-14(2)12-17(15)19/h4-10,12H,3,11,13,20H2,1-2H3. The van der Waals surface area contributed by atoms with Gasteiger partial charge in [0, 0.05) is 10.6 Å². The van der Waals surface area contributed by atoms with Crippen molar-refractivity contribution in [1.82, 2.24) is 0 Å². The molecule has 0 aliphatic heterocycles. The molecule has 2 aromatic carbocycles. The third-order valence-corrected chi connectivity index (χ3v) is 4.11. The molecular formula is C18H22ClN. The van der Waals surface area contributed by atoms with Crippen molar-refractivity contribution in [1.29, 1.82) is 0 Å². The van der Waals surface area contributed by atoms with Gasteiger partial charge in [-0.25, -0.2) is 0 Å². The fourth-order valence-electron chi connectivity index (χ4n) is 2.69. The first kappa shape index (κ1) is 15.1. The van der Waals surface area contributed by atoms with Crippen LogP contribution in [0.25, 0.3) is 0 Å². The molecule has 0 heterocycles. The molecule has 2 heteroatoms. The van der Waals surface area contributed by atoms with E-state index in [1.807, 2.05) is 24.3 Å². The van der Waals surface area contributed by atoms with Gasteiger partial charge in [0.25, 0.3) is 0 Å². The predicted octanol–water partition coefficient (Wildman–Crippen LogP) is 4.85. The van der Waals surface area contributed by atoms with Gasteiger partial charge in [0.1, 0.15) is 0 Å². The third kappa shape index (κ3) is 3.41. The lowest BCUT2D eigenvalue weighted by Gasteiger charge is -2.30. The van der Waals surface area contributed by atoms with Gasteiger partial charge >= 0.3 is 0 Å². The maximum absolute atomic E-state index is 6.71. The first-order chi connectivity index (χ1) is 9.55. The van der Waals surface area contributed by atoms with Crippen molar-refractivity contribution in [3.63, 3.8) is 0 Å². The Labute approximate surface area is 126 Å². The van der Waals surface area contributed by atoms with Crippen molar-refractivity contribution < 1.29 is 0 Å². The minimum Gasteiger partial charge on any atom is -0.321 e. The molecule has 2 aromatic rings. The van der Waals surface area contributed by atoms with Crippen molar-refractivity contribution in [2.24, 2.45) is 5.73 Å². The summed E-state index contributed by atoms with van der Waals surface area (Å²) in [5, 5.41) is 0.812. The van der Waals surface area contributed by atoms with Crippen molar-refractivity contribution in [2.45, 2.75) is 38.6 Å². The number of hydrogen-bond acceptors (Lipinski definition) is 1. The van der Waals surface area contributed by atoms with Crippen LogP contribution in [0.1, 0.15) is 36.5 Å². The molecular weight excluding hydrogens is 266 g/mol. The number of hydrogen-bond donors (Lipinski definition) is 1. The van der Waals surface area contributed by atoms with Gasteiger partial charge in [-0.3, -0.25) is 0 Å². The Balaban J connectivity index is 2.34. The van der Waals surface area contributed by atoms with Crippen LogP contribution in [-0.2, 0) is 12.0 Å². The SMILES string of the molecule is CCCC(N)(Cc1ccc(C)cc1Cl)c1ccccc1. The van der Waals surface area contributed by atoms with E-state index in [-0.39, 0.29) is 5.54 Å². The molecule has 0 radical (unpaired) electrons. The average molecular weight is 288 g/mol. The van der Waals surface area contributed by atoms with Gasteiger partial charge in [-0.15, -0.1) is 0 Å². The quantitative estimate of drug-likeness (QED) is 0.836. The molecule has 2 rings (SSSR count). The zero-order valence-corrected chi connectivity index (χ0v) is 13.0. The second-order valence-electron chi connectivity index (χ2n) is 5.54. The highest BCUT2D eigenvalue weighted by Crippen LogP contribution is 2.31. The van der Waals surface area contributed by atoms with Crippen molar-refractivity contribution in [2.75, 3.05) is 0 Å². The number of halogens is 1. The van der Waals surface area contributed by atoms with Gasteiger partial charge < -0.3 is 5.73 Å². The summed E-state index contributed by atoms with van der Waals surface area (Å²) in [6.07, 6.45) is 2.76. The summed E-state index contributed by atoms with van der Waals surface area (Å²) in [5.74, 6) is 0. The molecule has 1 atom stereocenters. The molecule has 0 bridgehead atoms.